The first-order valence-corrected chi connectivity index (χ1v) is 6.09. The van der Waals surface area contributed by atoms with Gasteiger partial charge in [0.15, 0.2) is 0 Å². The molecule has 94 valence electrons. The second-order valence-electron chi connectivity index (χ2n) is 3.28. The van der Waals surface area contributed by atoms with Gasteiger partial charge in [0.05, 0.1) is 25.1 Å². The molecule has 0 heterocycles. The predicted molar refractivity (Wildman–Crippen MR) is 53.2 cm³/mol. The quantitative estimate of drug-likeness (QED) is 0.661. The first kappa shape index (κ1) is 13.4. The lowest BCUT2D eigenvalue weighted by molar-refractivity contribution is -0.385. The zero-order valence-electron chi connectivity index (χ0n) is 8.45. The molecule has 0 aliphatic carbocycles. The van der Waals surface area contributed by atoms with Crippen molar-refractivity contribution in [3.8, 4) is 0 Å². The van der Waals surface area contributed by atoms with Crippen molar-refractivity contribution in [3.05, 3.63) is 33.9 Å². The summed E-state index contributed by atoms with van der Waals surface area (Å²) in [7, 11) is -3.60. The lowest BCUT2D eigenvalue weighted by Gasteiger charge is -2.12. The van der Waals surface area contributed by atoms with E-state index in [0.29, 0.717) is 6.07 Å². The van der Waals surface area contributed by atoms with Crippen molar-refractivity contribution in [1.82, 2.24) is 0 Å². The molecule has 1 rings (SSSR count). The number of hydrogen-bond acceptors (Lipinski definition) is 4. The molecule has 0 aliphatic heterocycles. The SMILES string of the molecule is CS(=N)(=O)c1ccc([N+](=O)[O-])cc1C(F)(F)F. The largest absolute Gasteiger partial charge is 0.417 e. The van der Waals surface area contributed by atoms with Gasteiger partial charge < -0.3 is 0 Å². The molecule has 1 N–H and O–H groups in total. The third-order valence-corrected chi connectivity index (χ3v) is 3.09. The molecule has 0 radical (unpaired) electrons. The topological polar surface area (TPSA) is 84.1 Å². The van der Waals surface area contributed by atoms with E-state index in [4.69, 9.17) is 4.78 Å². The zero-order chi connectivity index (χ0) is 13.4. The number of non-ortho nitro benzene ring substituents is 1. The fraction of sp³-hybridized carbons (Fsp3) is 0.250. The van der Waals surface area contributed by atoms with Gasteiger partial charge >= 0.3 is 6.18 Å². The minimum atomic E-state index is -4.89. The fourth-order valence-corrected chi connectivity index (χ4v) is 2.11. The Morgan fingerprint density at radius 3 is 2.29 bits per heavy atom. The van der Waals surface area contributed by atoms with Crippen molar-refractivity contribution in [2.75, 3.05) is 6.26 Å². The van der Waals surface area contributed by atoms with E-state index in [0.717, 1.165) is 12.3 Å². The number of alkyl halides is 3. The highest BCUT2D eigenvalue weighted by atomic mass is 32.2. The van der Waals surface area contributed by atoms with Gasteiger partial charge in [-0.05, 0) is 6.07 Å². The number of hydrogen-bond donors (Lipinski definition) is 1. The zero-order valence-corrected chi connectivity index (χ0v) is 9.26. The molecule has 1 atom stereocenters. The Kier molecular flexibility index (Phi) is 3.15. The highest BCUT2D eigenvalue weighted by molar-refractivity contribution is 7.91. The molecule has 0 fully saturated rings. The van der Waals surface area contributed by atoms with Crippen LogP contribution in [-0.2, 0) is 15.9 Å². The average Bonchev–Trinajstić information content (AvgIpc) is 2.14. The average molecular weight is 268 g/mol. The van der Waals surface area contributed by atoms with Crippen molar-refractivity contribution in [3.63, 3.8) is 0 Å². The van der Waals surface area contributed by atoms with E-state index >= 15 is 0 Å². The third-order valence-electron chi connectivity index (χ3n) is 1.90. The summed E-state index contributed by atoms with van der Waals surface area (Å²) in [5.41, 5.74) is -2.17. The number of halogens is 3. The monoisotopic (exact) mass is 268 g/mol. The molecule has 0 spiro atoms. The molecule has 17 heavy (non-hydrogen) atoms. The van der Waals surface area contributed by atoms with E-state index in [9.17, 15) is 27.5 Å². The summed E-state index contributed by atoms with van der Waals surface area (Å²) >= 11 is 0. The predicted octanol–water partition coefficient (Wildman–Crippen LogP) is 2.65. The van der Waals surface area contributed by atoms with Crippen LogP contribution in [0.1, 0.15) is 5.56 Å². The van der Waals surface area contributed by atoms with Crippen LogP contribution in [0.15, 0.2) is 23.1 Å². The van der Waals surface area contributed by atoms with E-state index in [1.807, 2.05) is 0 Å². The molecule has 0 aromatic heterocycles. The van der Waals surface area contributed by atoms with Gasteiger partial charge in [-0.1, -0.05) is 0 Å². The van der Waals surface area contributed by atoms with Gasteiger partial charge in [0.1, 0.15) is 0 Å². The standard InChI is InChI=1S/C8H7F3N2O3S/c1-17(12,16)7-3-2-5(13(14)15)4-6(7)8(9,10)11/h2-4,12H,1H3. The first-order chi connectivity index (χ1) is 7.53. The molecule has 1 aromatic rings. The first-order valence-electron chi connectivity index (χ1n) is 4.13. The molecular weight excluding hydrogens is 261 g/mol. The smallest absolute Gasteiger partial charge is 0.258 e. The molecule has 0 saturated carbocycles. The number of rotatable bonds is 2. The lowest BCUT2D eigenvalue weighted by atomic mass is 10.2. The Hall–Kier alpha value is -1.64. The maximum absolute atomic E-state index is 12.6. The van der Waals surface area contributed by atoms with E-state index in [1.54, 1.807) is 0 Å². The van der Waals surface area contributed by atoms with Gasteiger partial charge in [-0.15, -0.1) is 0 Å². The van der Waals surface area contributed by atoms with Gasteiger partial charge in [0, 0.05) is 18.4 Å². The minimum absolute atomic E-state index is 0.285. The summed E-state index contributed by atoms with van der Waals surface area (Å²) in [4.78, 5) is 8.62. The van der Waals surface area contributed by atoms with Crippen molar-refractivity contribution >= 4 is 15.4 Å². The number of nitrogens with zero attached hydrogens (tertiary/aromatic N) is 1. The summed E-state index contributed by atoms with van der Waals surface area (Å²) in [6, 6.07) is 1.78. The van der Waals surface area contributed by atoms with Gasteiger partial charge in [0.2, 0.25) is 0 Å². The highest BCUT2D eigenvalue weighted by Gasteiger charge is 2.36. The van der Waals surface area contributed by atoms with Crippen LogP contribution in [0.4, 0.5) is 18.9 Å². The second kappa shape index (κ2) is 3.99. The number of nitro groups is 1. The van der Waals surface area contributed by atoms with Crippen LogP contribution in [-0.4, -0.2) is 15.4 Å². The van der Waals surface area contributed by atoms with Crippen LogP contribution in [0.5, 0.6) is 0 Å². The van der Waals surface area contributed by atoms with Crippen molar-refractivity contribution in [1.29, 1.82) is 4.78 Å². The molecule has 0 bridgehead atoms. The molecule has 0 amide bonds. The van der Waals surface area contributed by atoms with Crippen LogP contribution in [0.25, 0.3) is 0 Å². The van der Waals surface area contributed by atoms with Crippen molar-refractivity contribution in [2.45, 2.75) is 11.1 Å². The van der Waals surface area contributed by atoms with Crippen LogP contribution >= 0.6 is 0 Å². The fourth-order valence-electron chi connectivity index (χ4n) is 1.19. The second-order valence-corrected chi connectivity index (χ2v) is 5.41. The minimum Gasteiger partial charge on any atom is -0.258 e. The van der Waals surface area contributed by atoms with E-state index in [1.165, 1.54) is 0 Å². The Balaban J connectivity index is 3.60. The van der Waals surface area contributed by atoms with Crippen molar-refractivity contribution in [2.24, 2.45) is 0 Å². The molecule has 0 saturated heterocycles. The van der Waals surface area contributed by atoms with E-state index in [-0.39, 0.29) is 6.07 Å². The Bertz CT molecular complexity index is 566. The number of nitro benzene ring substituents is 1. The Morgan fingerprint density at radius 1 is 1.41 bits per heavy atom. The number of nitrogens with one attached hydrogen (secondary N) is 1. The van der Waals surface area contributed by atoms with Gasteiger partial charge in [-0.3, -0.25) is 10.1 Å². The van der Waals surface area contributed by atoms with Crippen LogP contribution < -0.4 is 0 Å². The lowest BCUT2D eigenvalue weighted by Crippen LogP contribution is -2.12. The van der Waals surface area contributed by atoms with Crippen molar-refractivity contribution < 1.29 is 22.3 Å². The van der Waals surface area contributed by atoms with E-state index < -0.39 is 37.0 Å². The Morgan fingerprint density at radius 2 is 1.94 bits per heavy atom. The van der Waals surface area contributed by atoms with Gasteiger partial charge in [-0.25, -0.2) is 8.99 Å². The van der Waals surface area contributed by atoms with E-state index in [2.05, 4.69) is 0 Å². The summed E-state index contributed by atoms with van der Waals surface area (Å²) in [6.07, 6.45) is -4.07. The summed E-state index contributed by atoms with van der Waals surface area (Å²) < 4.78 is 56.2. The number of benzene rings is 1. The summed E-state index contributed by atoms with van der Waals surface area (Å²) in [6.45, 7) is 0. The van der Waals surface area contributed by atoms with Crippen LogP contribution in [0.3, 0.4) is 0 Å². The molecule has 1 aromatic carbocycles. The third kappa shape index (κ3) is 2.93. The summed E-state index contributed by atoms with van der Waals surface area (Å²) in [5, 5.41) is 10.4. The highest BCUT2D eigenvalue weighted by Crippen LogP contribution is 2.36. The molecule has 9 heteroatoms. The van der Waals surface area contributed by atoms with Crippen LogP contribution in [0.2, 0.25) is 0 Å². The molecule has 0 aliphatic rings. The molecule has 1 unspecified atom stereocenters. The normalized spacial score (nSPS) is 15.3. The van der Waals surface area contributed by atoms with Gasteiger partial charge in [0.25, 0.3) is 5.69 Å². The summed E-state index contributed by atoms with van der Waals surface area (Å²) in [5.74, 6) is 0. The Labute approximate surface area is 94.4 Å². The molecule has 5 nitrogen and oxygen atoms in total. The maximum Gasteiger partial charge on any atom is 0.417 e. The maximum atomic E-state index is 12.6. The van der Waals surface area contributed by atoms with Crippen LogP contribution in [0, 0.1) is 14.9 Å². The van der Waals surface area contributed by atoms with Gasteiger partial charge in [-0.2, -0.15) is 13.2 Å². The molecular formula is C8H7F3N2O3S.